The van der Waals surface area contributed by atoms with Crippen LogP contribution in [0.2, 0.25) is 5.04 Å². The van der Waals surface area contributed by atoms with Gasteiger partial charge in [0.25, 0.3) is 8.32 Å². The van der Waals surface area contributed by atoms with Gasteiger partial charge < -0.3 is 13.9 Å². The van der Waals surface area contributed by atoms with Gasteiger partial charge in [-0.25, -0.2) is 0 Å². The van der Waals surface area contributed by atoms with E-state index in [1.54, 1.807) is 18.4 Å². The van der Waals surface area contributed by atoms with E-state index < -0.39 is 14.4 Å². The van der Waals surface area contributed by atoms with E-state index in [-0.39, 0.29) is 11.0 Å². The first-order valence-corrected chi connectivity index (χ1v) is 12.3. The normalized spacial score (nSPS) is 14.3. The zero-order valence-electron chi connectivity index (χ0n) is 18.3. The standard InChI is InChI=1S/C26H32O3Si/c1-20(21(2)25(27)24-17-12-18-28-24)19-29-30(26(3,4)5,22-13-8-6-9-14-22)23-15-10-7-11-16-23/h6-18,21,25,27H,1,19H2,2-5H3/t21-,25+/m0/s1. The van der Waals surface area contributed by atoms with E-state index >= 15 is 0 Å². The first-order valence-electron chi connectivity index (χ1n) is 10.4. The van der Waals surface area contributed by atoms with E-state index in [1.165, 1.54) is 10.4 Å². The summed E-state index contributed by atoms with van der Waals surface area (Å²) < 4.78 is 12.3. The quantitative estimate of drug-likeness (QED) is 0.408. The van der Waals surface area contributed by atoms with Gasteiger partial charge in [-0.2, -0.15) is 0 Å². The van der Waals surface area contributed by atoms with E-state index in [1.807, 2.05) is 19.1 Å². The Morgan fingerprint density at radius 1 is 0.967 bits per heavy atom. The second kappa shape index (κ2) is 9.17. The molecule has 3 rings (SSSR count). The van der Waals surface area contributed by atoms with Crippen molar-refractivity contribution in [2.75, 3.05) is 6.61 Å². The molecule has 158 valence electrons. The molecule has 0 amide bonds. The van der Waals surface area contributed by atoms with E-state index in [0.29, 0.717) is 12.4 Å². The molecule has 0 saturated heterocycles. The van der Waals surface area contributed by atoms with Gasteiger partial charge in [0, 0.05) is 5.92 Å². The lowest BCUT2D eigenvalue weighted by molar-refractivity contribution is 0.104. The Hall–Kier alpha value is -2.40. The van der Waals surface area contributed by atoms with Crippen LogP contribution in [0.4, 0.5) is 0 Å². The smallest absolute Gasteiger partial charge is 0.261 e. The van der Waals surface area contributed by atoms with E-state index in [0.717, 1.165) is 5.57 Å². The number of benzene rings is 2. The number of hydrogen-bond donors (Lipinski definition) is 1. The first kappa shape index (κ1) is 22.3. The lowest BCUT2D eigenvalue weighted by atomic mass is 9.95. The molecule has 0 aliphatic heterocycles. The van der Waals surface area contributed by atoms with Gasteiger partial charge in [0.1, 0.15) is 11.9 Å². The zero-order chi connectivity index (χ0) is 21.8. The highest BCUT2D eigenvalue weighted by Gasteiger charge is 2.50. The fraction of sp³-hybridized carbons (Fsp3) is 0.308. The lowest BCUT2D eigenvalue weighted by Gasteiger charge is -2.43. The highest BCUT2D eigenvalue weighted by Crippen LogP contribution is 2.37. The summed E-state index contributed by atoms with van der Waals surface area (Å²) in [7, 11) is -2.62. The van der Waals surface area contributed by atoms with Crippen LogP contribution in [0, 0.1) is 5.92 Å². The van der Waals surface area contributed by atoms with Crippen molar-refractivity contribution in [3.8, 4) is 0 Å². The molecule has 2 aromatic carbocycles. The van der Waals surface area contributed by atoms with Gasteiger partial charge >= 0.3 is 0 Å². The summed E-state index contributed by atoms with van der Waals surface area (Å²) in [6.07, 6.45) is 0.836. The molecule has 0 unspecified atom stereocenters. The zero-order valence-corrected chi connectivity index (χ0v) is 19.3. The maximum absolute atomic E-state index is 10.7. The van der Waals surface area contributed by atoms with E-state index in [4.69, 9.17) is 8.84 Å². The van der Waals surface area contributed by atoms with Crippen LogP contribution in [-0.2, 0) is 4.43 Å². The Bertz CT molecular complexity index is 888. The average Bonchev–Trinajstić information content (AvgIpc) is 3.28. The van der Waals surface area contributed by atoms with Gasteiger partial charge in [0.15, 0.2) is 0 Å². The van der Waals surface area contributed by atoms with E-state index in [9.17, 15) is 5.11 Å². The third kappa shape index (κ3) is 4.36. The molecule has 0 aliphatic carbocycles. The highest BCUT2D eigenvalue weighted by molar-refractivity contribution is 6.99. The van der Waals surface area contributed by atoms with Crippen LogP contribution >= 0.6 is 0 Å². The van der Waals surface area contributed by atoms with Crippen LogP contribution in [0.3, 0.4) is 0 Å². The second-order valence-electron chi connectivity index (χ2n) is 8.86. The fourth-order valence-corrected chi connectivity index (χ4v) is 8.58. The highest BCUT2D eigenvalue weighted by atomic mass is 28.4. The summed E-state index contributed by atoms with van der Waals surface area (Å²) in [4.78, 5) is 0. The third-order valence-electron chi connectivity index (χ3n) is 5.84. The van der Waals surface area contributed by atoms with Gasteiger partial charge in [-0.3, -0.25) is 0 Å². The minimum atomic E-state index is -2.62. The predicted octanol–water partition coefficient (Wildman–Crippen LogP) is 5.08. The van der Waals surface area contributed by atoms with Crippen LogP contribution < -0.4 is 10.4 Å². The second-order valence-corrected chi connectivity index (χ2v) is 13.2. The average molecular weight is 421 g/mol. The molecule has 0 spiro atoms. The summed E-state index contributed by atoms with van der Waals surface area (Å²) in [5.41, 5.74) is 0.854. The summed E-state index contributed by atoms with van der Waals surface area (Å²) in [5, 5.41) is 13.0. The molecule has 2 atom stereocenters. The molecule has 0 saturated carbocycles. The van der Waals surface area contributed by atoms with Crippen molar-refractivity contribution in [2.24, 2.45) is 5.92 Å². The van der Waals surface area contributed by atoms with Crippen molar-refractivity contribution in [2.45, 2.75) is 38.8 Å². The summed E-state index contributed by atoms with van der Waals surface area (Å²) in [6, 6.07) is 24.7. The Morgan fingerprint density at radius 2 is 1.50 bits per heavy atom. The van der Waals surface area contributed by atoms with Crippen LogP contribution in [0.1, 0.15) is 39.6 Å². The number of hydrogen-bond acceptors (Lipinski definition) is 3. The van der Waals surface area contributed by atoms with Crippen LogP contribution in [0.5, 0.6) is 0 Å². The Kier molecular flexibility index (Phi) is 6.81. The molecule has 3 aromatic rings. The number of aliphatic hydroxyl groups excluding tert-OH is 1. The van der Waals surface area contributed by atoms with Crippen LogP contribution in [0.15, 0.2) is 95.6 Å². The van der Waals surface area contributed by atoms with Crippen molar-refractivity contribution >= 4 is 18.7 Å². The van der Waals surface area contributed by atoms with E-state index in [2.05, 4.69) is 75.9 Å². The Balaban J connectivity index is 1.94. The molecule has 3 nitrogen and oxygen atoms in total. The van der Waals surface area contributed by atoms with Crippen LogP contribution in [-0.4, -0.2) is 20.0 Å². The third-order valence-corrected chi connectivity index (χ3v) is 10.8. The molecule has 4 heteroatoms. The fourth-order valence-electron chi connectivity index (χ4n) is 4.02. The Morgan fingerprint density at radius 3 is 1.93 bits per heavy atom. The minimum absolute atomic E-state index is 0.0984. The van der Waals surface area contributed by atoms with Gasteiger partial charge in [0.2, 0.25) is 0 Å². The summed E-state index contributed by atoms with van der Waals surface area (Å²) in [6.45, 7) is 13.4. The molecule has 1 heterocycles. The monoisotopic (exact) mass is 420 g/mol. The van der Waals surface area contributed by atoms with Crippen LogP contribution in [0.25, 0.3) is 0 Å². The molecular formula is C26H32O3Si. The van der Waals surface area contributed by atoms with Crippen molar-refractivity contribution in [1.82, 2.24) is 0 Å². The van der Waals surface area contributed by atoms with Gasteiger partial charge in [-0.05, 0) is 33.1 Å². The van der Waals surface area contributed by atoms with Gasteiger partial charge in [-0.15, -0.1) is 0 Å². The topological polar surface area (TPSA) is 42.6 Å². The van der Waals surface area contributed by atoms with Crippen molar-refractivity contribution in [3.63, 3.8) is 0 Å². The molecule has 1 aromatic heterocycles. The summed E-state index contributed by atoms with van der Waals surface area (Å²) in [5.74, 6) is 0.364. The van der Waals surface area contributed by atoms with Gasteiger partial charge in [-0.1, -0.05) is 94.9 Å². The predicted molar refractivity (Wildman–Crippen MR) is 126 cm³/mol. The molecule has 0 fully saturated rings. The molecular weight excluding hydrogens is 388 g/mol. The molecule has 1 N–H and O–H groups in total. The van der Waals surface area contributed by atoms with Crippen molar-refractivity contribution in [3.05, 3.63) is 97.0 Å². The largest absolute Gasteiger partial charge is 0.467 e. The van der Waals surface area contributed by atoms with Gasteiger partial charge in [0.05, 0.1) is 12.9 Å². The SMILES string of the molecule is C=C(CO[Si](c1ccccc1)(c1ccccc1)C(C)(C)C)[C@H](C)[C@@H](O)c1ccco1. The maximum atomic E-state index is 10.7. The minimum Gasteiger partial charge on any atom is -0.467 e. The number of furan rings is 1. The molecule has 0 aliphatic rings. The molecule has 30 heavy (non-hydrogen) atoms. The number of aliphatic hydroxyl groups is 1. The number of rotatable bonds is 8. The summed E-state index contributed by atoms with van der Waals surface area (Å²) >= 11 is 0. The molecule has 0 bridgehead atoms. The first-order chi connectivity index (χ1) is 14.3. The Labute approximate surface area is 181 Å². The maximum Gasteiger partial charge on any atom is 0.261 e. The van der Waals surface area contributed by atoms with Crippen molar-refractivity contribution < 1.29 is 13.9 Å². The van der Waals surface area contributed by atoms with Crippen molar-refractivity contribution in [1.29, 1.82) is 0 Å². The molecule has 0 radical (unpaired) electrons. The lowest BCUT2D eigenvalue weighted by Crippen LogP contribution is -2.66.